The molecular weight excluding hydrogens is 224 g/mol. The Morgan fingerprint density at radius 2 is 1.83 bits per heavy atom. The summed E-state index contributed by atoms with van der Waals surface area (Å²) in [6.07, 6.45) is 7.72. The van der Waals surface area contributed by atoms with Crippen LogP contribution in [-0.2, 0) is 9.53 Å². The first-order chi connectivity index (χ1) is 8.41. The lowest BCUT2D eigenvalue weighted by Crippen LogP contribution is -2.54. The first kappa shape index (κ1) is 12.7. The Labute approximate surface area is 110 Å². The standard InChI is InChI=1S/C16H26O2/c1-11(2)18-9-14(17)16-7-12-4-13(8-16)6-15(3,5-12)10-16/h11-13H,4-10H2,1-3H3. The average molecular weight is 250 g/mol. The van der Waals surface area contributed by atoms with Crippen molar-refractivity contribution in [2.75, 3.05) is 6.61 Å². The Kier molecular flexibility index (Phi) is 2.85. The Bertz CT molecular complexity index is 344. The monoisotopic (exact) mass is 250 g/mol. The summed E-state index contributed by atoms with van der Waals surface area (Å²) in [6.45, 7) is 6.77. The minimum Gasteiger partial charge on any atom is -0.371 e. The van der Waals surface area contributed by atoms with Gasteiger partial charge in [-0.2, -0.15) is 0 Å². The smallest absolute Gasteiger partial charge is 0.164 e. The van der Waals surface area contributed by atoms with Gasteiger partial charge < -0.3 is 4.74 Å². The highest BCUT2D eigenvalue weighted by atomic mass is 16.5. The third kappa shape index (κ3) is 2.03. The van der Waals surface area contributed by atoms with Crippen molar-refractivity contribution in [3.8, 4) is 0 Å². The van der Waals surface area contributed by atoms with E-state index in [1.807, 2.05) is 13.8 Å². The van der Waals surface area contributed by atoms with Crippen molar-refractivity contribution in [1.82, 2.24) is 0 Å². The molecule has 0 aromatic rings. The molecule has 0 aromatic carbocycles. The Hall–Kier alpha value is -0.370. The zero-order chi connectivity index (χ0) is 13.0. The van der Waals surface area contributed by atoms with Crippen LogP contribution in [0.5, 0.6) is 0 Å². The number of Topliss-reactive ketones (excluding diaryl/α,β-unsaturated/α-hetero) is 1. The maximum Gasteiger partial charge on any atom is 0.164 e. The molecule has 2 heteroatoms. The van der Waals surface area contributed by atoms with E-state index in [-0.39, 0.29) is 11.5 Å². The predicted molar refractivity (Wildman–Crippen MR) is 71.3 cm³/mol. The van der Waals surface area contributed by atoms with Crippen molar-refractivity contribution >= 4 is 5.78 Å². The molecule has 4 bridgehead atoms. The molecule has 102 valence electrons. The van der Waals surface area contributed by atoms with Gasteiger partial charge in [0.25, 0.3) is 0 Å². The number of rotatable bonds is 4. The highest BCUT2D eigenvalue weighted by Gasteiger charge is 2.58. The van der Waals surface area contributed by atoms with Gasteiger partial charge in [0.1, 0.15) is 6.61 Å². The van der Waals surface area contributed by atoms with E-state index in [1.54, 1.807) is 0 Å². The molecule has 0 N–H and O–H groups in total. The Morgan fingerprint density at radius 3 is 2.33 bits per heavy atom. The van der Waals surface area contributed by atoms with Gasteiger partial charge >= 0.3 is 0 Å². The van der Waals surface area contributed by atoms with E-state index in [0.29, 0.717) is 17.8 Å². The van der Waals surface area contributed by atoms with E-state index < -0.39 is 0 Å². The van der Waals surface area contributed by atoms with Gasteiger partial charge in [-0.05, 0) is 69.6 Å². The van der Waals surface area contributed by atoms with Crippen molar-refractivity contribution in [1.29, 1.82) is 0 Å². The zero-order valence-electron chi connectivity index (χ0n) is 12.0. The fourth-order valence-corrected chi connectivity index (χ4v) is 5.44. The second kappa shape index (κ2) is 4.06. The minimum absolute atomic E-state index is 0.00623. The molecule has 2 nitrogen and oxygen atoms in total. The van der Waals surface area contributed by atoms with Crippen LogP contribution in [-0.4, -0.2) is 18.5 Å². The van der Waals surface area contributed by atoms with Crippen LogP contribution in [0.4, 0.5) is 0 Å². The number of ether oxygens (including phenoxy) is 1. The summed E-state index contributed by atoms with van der Waals surface area (Å²) in [4.78, 5) is 12.6. The van der Waals surface area contributed by atoms with Gasteiger partial charge in [-0.3, -0.25) is 4.79 Å². The fourth-order valence-electron chi connectivity index (χ4n) is 5.44. The van der Waals surface area contributed by atoms with Crippen LogP contribution in [0.3, 0.4) is 0 Å². The summed E-state index contributed by atoms with van der Waals surface area (Å²) >= 11 is 0. The molecule has 0 amide bonds. The lowest BCUT2D eigenvalue weighted by Gasteiger charge is -2.60. The molecule has 18 heavy (non-hydrogen) atoms. The maximum absolute atomic E-state index is 12.6. The Balaban J connectivity index is 1.76. The van der Waals surface area contributed by atoms with E-state index in [0.717, 1.165) is 31.1 Å². The molecule has 4 aliphatic rings. The van der Waals surface area contributed by atoms with E-state index in [9.17, 15) is 4.79 Å². The summed E-state index contributed by atoms with van der Waals surface area (Å²) in [6, 6.07) is 0. The number of carbonyl (C=O) groups is 1. The van der Waals surface area contributed by atoms with Crippen LogP contribution in [0.15, 0.2) is 0 Å². The molecular formula is C16H26O2. The number of ketones is 1. The van der Waals surface area contributed by atoms with E-state index in [1.165, 1.54) is 19.3 Å². The minimum atomic E-state index is -0.00623. The van der Waals surface area contributed by atoms with E-state index >= 15 is 0 Å². The van der Waals surface area contributed by atoms with Crippen molar-refractivity contribution in [2.45, 2.75) is 65.4 Å². The van der Waals surface area contributed by atoms with Crippen molar-refractivity contribution in [2.24, 2.45) is 22.7 Å². The highest BCUT2D eigenvalue weighted by molar-refractivity contribution is 5.86. The van der Waals surface area contributed by atoms with Gasteiger partial charge in [0.05, 0.1) is 6.10 Å². The number of hydrogen-bond donors (Lipinski definition) is 0. The predicted octanol–water partition coefficient (Wildman–Crippen LogP) is 3.59. The Morgan fingerprint density at radius 1 is 1.22 bits per heavy atom. The van der Waals surface area contributed by atoms with Crippen LogP contribution in [0.2, 0.25) is 0 Å². The largest absolute Gasteiger partial charge is 0.371 e. The molecule has 4 aliphatic carbocycles. The van der Waals surface area contributed by atoms with Gasteiger partial charge in [0.15, 0.2) is 5.78 Å². The lowest BCUT2D eigenvalue weighted by molar-refractivity contribution is -0.158. The summed E-state index contributed by atoms with van der Waals surface area (Å²) in [5.74, 6) is 2.04. The second-order valence-electron chi connectivity index (χ2n) is 7.83. The van der Waals surface area contributed by atoms with Crippen LogP contribution in [0.1, 0.15) is 59.3 Å². The van der Waals surface area contributed by atoms with Crippen molar-refractivity contribution in [3.05, 3.63) is 0 Å². The van der Waals surface area contributed by atoms with Crippen molar-refractivity contribution in [3.63, 3.8) is 0 Å². The quantitative estimate of drug-likeness (QED) is 0.762. The van der Waals surface area contributed by atoms with Gasteiger partial charge in [-0.1, -0.05) is 6.92 Å². The molecule has 2 atom stereocenters. The molecule has 0 aliphatic heterocycles. The molecule has 0 aromatic heterocycles. The molecule has 0 radical (unpaired) electrons. The normalized spacial score (nSPS) is 45.8. The van der Waals surface area contributed by atoms with Crippen LogP contribution in [0, 0.1) is 22.7 Å². The summed E-state index contributed by atoms with van der Waals surface area (Å²) in [5, 5.41) is 0. The molecule has 2 unspecified atom stereocenters. The summed E-state index contributed by atoms with van der Waals surface area (Å²) in [7, 11) is 0. The van der Waals surface area contributed by atoms with E-state index in [4.69, 9.17) is 4.74 Å². The fraction of sp³-hybridized carbons (Fsp3) is 0.938. The topological polar surface area (TPSA) is 26.3 Å². The molecule has 0 saturated heterocycles. The number of hydrogen-bond acceptors (Lipinski definition) is 2. The summed E-state index contributed by atoms with van der Waals surface area (Å²) in [5.41, 5.74) is 0.450. The third-order valence-electron chi connectivity index (χ3n) is 5.49. The van der Waals surface area contributed by atoms with Gasteiger partial charge in [0.2, 0.25) is 0 Å². The SMILES string of the molecule is CC(C)OCC(=O)C12CC3CC(CC(C)(C3)C1)C2. The van der Waals surface area contributed by atoms with E-state index in [2.05, 4.69) is 6.92 Å². The maximum atomic E-state index is 12.6. The van der Waals surface area contributed by atoms with Gasteiger partial charge in [-0.25, -0.2) is 0 Å². The lowest BCUT2D eigenvalue weighted by atomic mass is 9.44. The van der Waals surface area contributed by atoms with Crippen LogP contribution < -0.4 is 0 Å². The first-order valence-corrected chi connectivity index (χ1v) is 7.56. The molecule has 0 heterocycles. The second-order valence-corrected chi connectivity index (χ2v) is 7.83. The summed E-state index contributed by atoms with van der Waals surface area (Å²) < 4.78 is 5.58. The average Bonchev–Trinajstić information content (AvgIpc) is 2.22. The number of carbonyl (C=O) groups excluding carboxylic acids is 1. The third-order valence-corrected chi connectivity index (χ3v) is 5.49. The van der Waals surface area contributed by atoms with Crippen LogP contribution in [0.25, 0.3) is 0 Å². The van der Waals surface area contributed by atoms with Crippen LogP contribution >= 0.6 is 0 Å². The van der Waals surface area contributed by atoms with Gasteiger partial charge in [-0.15, -0.1) is 0 Å². The van der Waals surface area contributed by atoms with Crippen molar-refractivity contribution < 1.29 is 9.53 Å². The molecule has 4 fully saturated rings. The zero-order valence-corrected chi connectivity index (χ0v) is 12.0. The van der Waals surface area contributed by atoms with Gasteiger partial charge in [0, 0.05) is 5.41 Å². The molecule has 4 saturated carbocycles. The first-order valence-electron chi connectivity index (χ1n) is 7.56. The molecule has 0 spiro atoms. The molecule has 4 rings (SSSR count). The highest BCUT2D eigenvalue weighted by Crippen LogP contribution is 2.65.